The number of benzene rings is 1. The third-order valence-corrected chi connectivity index (χ3v) is 4.84. The van der Waals surface area contributed by atoms with Crippen molar-refractivity contribution in [3.05, 3.63) is 95.6 Å². The summed E-state index contributed by atoms with van der Waals surface area (Å²) in [6.07, 6.45) is 6.19. The number of hydrogen-bond donors (Lipinski definition) is 0. The number of fused-ring (bicyclic) bond motifs is 1. The van der Waals surface area contributed by atoms with Crippen molar-refractivity contribution in [2.75, 3.05) is 0 Å². The molecule has 0 amide bonds. The van der Waals surface area contributed by atoms with Crippen molar-refractivity contribution >= 4 is 17.1 Å². The lowest BCUT2D eigenvalue weighted by molar-refractivity contribution is 0.0539. The van der Waals surface area contributed by atoms with Crippen LogP contribution in [0, 0.1) is 0 Å². The molecule has 0 fully saturated rings. The molecule has 0 saturated heterocycles. The Labute approximate surface area is 176 Å². The van der Waals surface area contributed by atoms with Crippen molar-refractivity contribution in [3.63, 3.8) is 0 Å². The summed E-state index contributed by atoms with van der Waals surface area (Å²) in [5.74, 6) is 0. The van der Waals surface area contributed by atoms with Crippen molar-refractivity contribution in [3.8, 4) is 0 Å². The zero-order chi connectivity index (χ0) is 21.1. The average Bonchev–Trinajstić information content (AvgIpc) is 3.02. The summed E-state index contributed by atoms with van der Waals surface area (Å²) in [5, 5.41) is 0.957. The fourth-order valence-corrected chi connectivity index (χ4v) is 3.61. The monoisotopic (exact) mass is 399 g/mol. The number of ether oxygens (including phenoxy) is 1. The molecule has 0 aliphatic heterocycles. The first-order chi connectivity index (χ1) is 14.4. The number of aromatic nitrogens is 3. The summed E-state index contributed by atoms with van der Waals surface area (Å²) in [6.45, 7) is 5.62. The molecule has 3 heterocycles. The molecule has 3 aromatic heterocycles. The molecule has 0 aliphatic carbocycles. The van der Waals surface area contributed by atoms with E-state index < -0.39 is 11.7 Å². The second-order valence-corrected chi connectivity index (χ2v) is 8.32. The van der Waals surface area contributed by atoms with Crippen LogP contribution in [0.4, 0.5) is 4.79 Å². The summed E-state index contributed by atoms with van der Waals surface area (Å²) in [5.41, 5.74) is 4.19. The maximum Gasteiger partial charge on any atom is 0.420 e. The van der Waals surface area contributed by atoms with Gasteiger partial charge in [0.1, 0.15) is 11.2 Å². The Morgan fingerprint density at radius 1 is 0.933 bits per heavy atom. The van der Waals surface area contributed by atoms with Gasteiger partial charge >= 0.3 is 6.09 Å². The van der Waals surface area contributed by atoms with E-state index in [4.69, 9.17) is 4.74 Å². The average molecular weight is 399 g/mol. The van der Waals surface area contributed by atoms with Crippen LogP contribution in [0.3, 0.4) is 0 Å². The lowest BCUT2D eigenvalue weighted by Crippen LogP contribution is -2.28. The van der Waals surface area contributed by atoms with Gasteiger partial charge in [0.05, 0.1) is 0 Å². The molecule has 5 nitrogen and oxygen atoms in total. The summed E-state index contributed by atoms with van der Waals surface area (Å²) >= 11 is 0. The van der Waals surface area contributed by atoms with Gasteiger partial charge in [0.15, 0.2) is 0 Å². The Morgan fingerprint density at radius 3 is 2.37 bits per heavy atom. The Kier molecular flexibility index (Phi) is 5.36. The molecule has 4 rings (SSSR count). The zero-order valence-corrected chi connectivity index (χ0v) is 17.5. The van der Waals surface area contributed by atoms with E-state index in [1.165, 1.54) is 0 Å². The number of carbonyl (C=O) groups excluding carboxylic acids is 1. The Balaban J connectivity index is 1.91. The van der Waals surface area contributed by atoms with Crippen molar-refractivity contribution < 1.29 is 9.53 Å². The van der Waals surface area contributed by atoms with Crippen molar-refractivity contribution in [2.24, 2.45) is 0 Å². The van der Waals surface area contributed by atoms with Crippen LogP contribution >= 0.6 is 0 Å². The number of pyridine rings is 2. The van der Waals surface area contributed by atoms with Crippen LogP contribution in [0.1, 0.15) is 43.2 Å². The first-order valence-corrected chi connectivity index (χ1v) is 10.1. The second kappa shape index (κ2) is 8.11. The third kappa shape index (κ3) is 4.25. The SMILES string of the molecule is CC(C)(C)OC(=O)n1c(Cc2ccccc2)c(Cc2cccnc2)c2cccnc21. The summed E-state index contributed by atoms with van der Waals surface area (Å²) in [4.78, 5) is 22.0. The first-order valence-electron chi connectivity index (χ1n) is 10.1. The van der Waals surface area contributed by atoms with E-state index in [2.05, 4.69) is 22.1 Å². The summed E-state index contributed by atoms with van der Waals surface area (Å²) in [6, 6.07) is 18.0. The standard InChI is InChI=1S/C25H25N3O2/c1-25(2,3)30-24(29)28-22(16-18-9-5-4-6-10-18)21(15-19-11-7-13-26-17-19)20-12-8-14-27-23(20)28/h4-14,17H,15-16H2,1-3H3. The fourth-order valence-electron chi connectivity index (χ4n) is 3.61. The highest BCUT2D eigenvalue weighted by Crippen LogP contribution is 2.30. The lowest BCUT2D eigenvalue weighted by atomic mass is 10.00. The quantitative estimate of drug-likeness (QED) is 0.461. The van der Waals surface area contributed by atoms with Gasteiger partial charge in [-0.2, -0.15) is 0 Å². The molecule has 0 atom stereocenters. The largest absolute Gasteiger partial charge is 0.443 e. The van der Waals surface area contributed by atoms with Crippen LogP contribution < -0.4 is 0 Å². The number of nitrogens with zero attached hydrogens (tertiary/aromatic N) is 3. The van der Waals surface area contributed by atoms with E-state index in [1.807, 2.05) is 69.4 Å². The molecule has 0 spiro atoms. The smallest absolute Gasteiger partial charge is 0.420 e. The Bertz CT molecular complexity index is 1160. The molecule has 0 unspecified atom stereocenters. The highest BCUT2D eigenvalue weighted by molar-refractivity contribution is 5.91. The van der Waals surface area contributed by atoms with Crippen LogP contribution in [0.25, 0.3) is 11.0 Å². The van der Waals surface area contributed by atoms with Crippen molar-refractivity contribution in [2.45, 2.75) is 39.2 Å². The second-order valence-electron chi connectivity index (χ2n) is 8.32. The van der Waals surface area contributed by atoms with Crippen molar-refractivity contribution in [1.29, 1.82) is 0 Å². The highest BCUT2D eigenvalue weighted by Gasteiger charge is 2.26. The predicted octanol–water partition coefficient (Wildman–Crippen LogP) is 5.40. The molecular weight excluding hydrogens is 374 g/mol. The molecule has 0 aliphatic rings. The number of carbonyl (C=O) groups is 1. The van der Waals surface area contributed by atoms with Crippen molar-refractivity contribution in [1.82, 2.24) is 14.5 Å². The van der Waals surface area contributed by atoms with E-state index in [0.717, 1.165) is 27.8 Å². The van der Waals surface area contributed by atoms with Gasteiger partial charge in [0.25, 0.3) is 0 Å². The molecular formula is C25H25N3O2. The molecule has 152 valence electrons. The van der Waals surface area contributed by atoms with Crippen LogP contribution in [0.15, 0.2) is 73.2 Å². The van der Waals surface area contributed by atoms with Gasteiger partial charge in [-0.05, 0) is 55.7 Å². The molecule has 30 heavy (non-hydrogen) atoms. The molecule has 5 heteroatoms. The van der Waals surface area contributed by atoms with Gasteiger partial charge in [-0.1, -0.05) is 36.4 Å². The lowest BCUT2D eigenvalue weighted by Gasteiger charge is -2.21. The van der Waals surface area contributed by atoms with Gasteiger partial charge in [0, 0.05) is 42.5 Å². The molecule has 0 saturated carbocycles. The molecule has 4 aromatic rings. The van der Waals surface area contributed by atoms with E-state index in [9.17, 15) is 4.79 Å². The predicted molar refractivity (Wildman–Crippen MR) is 118 cm³/mol. The molecule has 1 aromatic carbocycles. The number of rotatable bonds is 4. The van der Waals surface area contributed by atoms with Crippen LogP contribution in [0.5, 0.6) is 0 Å². The minimum absolute atomic E-state index is 0.408. The van der Waals surface area contributed by atoms with Crippen LogP contribution in [-0.2, 0) is 17.6 Å². The van der Waals surface area contributed by atoms with E-state index in [0.29, 0.717) is 18.5 Å². The number of hydrogen-bond acceptors (Lipinski definition) is 4. The van der Waals surface area contributed by atoms with Gasteiger partial charge in [-0.15, -0.1) is 0 Å². The third-order valence-electron chi connectivity index (χ3n) is 4.84. The topological polar surface area (TPSA) is 57.0 Å². The Morgan fingerprint density at radius 2 is 1.67 bits per heavy atom. The highest BCUT2D eigenvalue weighted by atomic mass is 16.6. The molecule has 0 bridgehead atoms. The maximum absolute atomic E-state index is 13.2. The Hall–Kier alpha value is -3.47. The fraction of sp³-hybridized carbons (Fsp3) is 0.240. The van der Waals surface area contributed by atoms with E-state index in [1.54, 1.807) is 17.0 Å². The molecule has 0 radical (unpaired) electrons. The normalized spacial score (nSPS) is 11.6. The summed E-state index contributed by atoms with van der Waals surface area (Å²) < 4.78 is 7.38. The van der Waals surface area contributed by atoms with Gasteiger partial charge in [-0.3, -0.25) is 4.98 Å². The van der Waals surface area contributed by atoms with E-state index in [-0.39, 0.29) is 0 Å². The van der Waals surface area contributed by atoms with Gasteiger partial charge in [-0.25, -0.2) is 14.3 Å². The van der Waals surface area contributed by atoms with Crippen LogP contribution in [-0.4, -0.2) is 26.2 Å². The van der Waals surface area contributed by atoms with Gasteiger partial charge < -0.3 is 4.74 Å². The summed E-state index contributed by atoms with van der Waals surface area (Å²) in [7, 11) is 0. The van der Waals surface area contributed by atoms with Gasteiger partial charge in [0.2, 0.25) is 0 Å². The maximum atomic E-state index is 13.2. The van der Waals surface area contributed by atoms with Crippen LogP contribution in [0.2, 0.25) is 0 Å². The zero-order valence-electron chi connectivity index (χ0n) is 17.5. The minimum Gasteiger partial charge on any atom is -0.443 e. The first kappa shape index (κ1) is 19.8. The minimum atomic E-state index is -0.601. The molecule has 0 N–H and O–H groups in total. The van der Waals surface area contributed by atoms with E-state index >= 15 is 0 Å².